The Labute approximate surface area is 185 Å². The van der Waals surface area contributed by atoms with Crippen molar-refractivity contribution in [3.8, 4) is 12.3 Å². The molecule has 32 heavy (non-hydrogen) atoms. The first-order valence-corrected chi connectivity index (χ1v) is 10.9. The SMILES string of the molecule is C#Cc1ccc(NC(=O)CC2(F)C[C@H]3CC(c4ccnc5ccc(F)cc45)C[C@H]3C2)nc1. The maximum Gasteiger partial charge on any atom is 0.228 e. The number of alkyl halides is 1. The second-order valence-corrected chi connectivity index (χ2v) is 9.11. The van der Waals surface area contributed by atoms with Crippen LogP contribution in [0.15, 0.2) is 48.8 Å². The molecular formula is C26H23F2N3O. The summed E-state index contributed by atoms with van der Waals surface area (Å²) in [5.41, 5.74) is 0.983. The molecule has 0 aliphatic heterocycles. The number of amides is 1. The van der Waals surface area contributed by atoms with Gasteiger partial charge in [0.1, 0.15) is 17.3 Å². The Hall–Kier alpha value is -3.33. The summed E-state index contributed by atoms with van der Waals surface area (Å²) >= 11 is 0. The van der Waals surface area contributed by atoms with E-state index in [4.69, 9.17) is 6.42 Å². The van der Waals surface area contributed by atoms with E-state index < -0.39 is 5.67 Å². The highest BCUT2D eigenvalue weighted by Gasteiger charge is 2.51. The summed E-state index contributed by atoms with van der Waals surface area (Å²) in [5.74, 6) is 2.89. The molecule has 5 rings (SSSR count). The number of fused-ring (bicyclic) bond motifs is 2. The molecule has 2 unspecified atom stereocenters. The first kappa shape index (κ1) is 20.6. The third-order valence-electron chi connectivity index (χ3n) is 6.95. The van der Waals surface area contributed by atoms with E-state index in [1.165, 1.54) is 12.3 Å². The van der Waals surface area contributed by atoms with Gasteiger partial charge < -0.3 is 5.32 Å². The third-order valence-corrected chi connectivity index (χ3v) is 6.95. The van der Waals surface area contributed by atoms with Crippen molar-refractivity contribution in [3.05, 3.63) is 65.7 Å². The molecule has 1 amide bonds. The van der Waals surface area contributed by atoms with Crippen LogP contribution >= 0.6 is 0 Å². The Kier molecular flexibility index (Phi) is 5.13. The molecule has 2 heterocycles. The molecule has 2 fully saturated rings. The molecule has 1 aromatic carbocycles. The Bertz CT molecular complexity index is 1200. The molecule has 2 aliphatic rings. The smallest absolute Gasteiger partial charge is 0.228 e. The molecule has 4 nitrogen and oxygen atoms in total. The molecule has 3 aromatic rings. The highest BCUT2D eigenvalue weighted by atomic mass is 19.1. The number of carbonyl (C=O) groups excluding carboxylic acids is 1. The molecule has 0 saturated heterocycles. The van der Waals surface area contributed by atoms with Crippen LogP contribution < -0.4 is 5.32 Å². The Morgan fingerprint density at radius 3 is 2.62 bits per heavy atom. The zero-order valence-electron chi connectivity index (χ0n) is 17.5. The predicted octanol–water partition coefficient (Wildman–Crippen LogP) is 5.39. The van der Waals surface area contributed by atoms with Gasteiger partial charge in [-0.25, -0.2) is 13.8 Å². The van der Waals surface area contributed by atoms with Gasteiger partial charge in [0, 0.05) is 23.3 Å². The van der Waals surface area contributed by atoms with Gasteiger partial charge in [-0.2, -0.15) is 0 Å². The van der Waals surface area contributed by atoms with Crippen molar-refractivity contribution in [2.24, 2.45) is 11.8 Å². The summed E-state index contributed by atoms with van der Waals surface area (Å²) in [6.07, 6.45) is 10.8. The third kappa shape index (κ3) is 3.95. The minimum absolute atomic E-state index is 0.174. The predicted molar refractivity (Wildman–Crippen MR) is 119 cm³/mol. The lowest BCUT2D eigenvalue weighted by Crippen LogP contribution is -2.28. The van der Waals surface area contributed by atoms with E-state index in [2.05, 4.69) is 21.2 Å². The first-order chi connectivity index (χ1) is 15.4. The molecule has 2 saturated carbocycles. The molecule has 6 heteroatoms. The number of hydrogen-bond donors (Lipinski definition) is 1. The lowest BCUT2D eigenvalue weighted by molar-refractivity contribution is -0.118. The lowest BCUT2D eigenvalue weighted by atomic mass is 9.88. The summed E-state index contributed by atoms with van der Waals surface area (Å²) in [7, 11) is 0. The average molecular weight is 431 g/mol. The Morgan fingerprint density at radius 2 is 1.94 bits per heavy atom. The van der Waals surface area contributed by atoms with Crippen LogP contribution in [0, 0.1) is 30.0 Å². The summed E-state index contributed by atoms with van der Waals surface area (Å²) < 4.78 is 29.4. The van der Waals surface area contributed by atoms with Gasteiger partial charge in [-0.15, -0.1) is 6.42 Å². The standard InChI is InChI=1S/C26H23F2N3O/c1-2-16-3-6-24(30-15-16)31-25(32)14-26(28)12-18-9-17(10-19(18)13-26)21-7-8-29-23-5-4-20(27)11-22(21)23/h1,3-8,11,15,17-19H,9-10,12-14H2,(H,30,31,32)/t17?,18-,19+,26?. The maximum absolute atomic E-state index is 15.6. The van der Waals surface area contributed by atoms with E-state index >= 15 is 4.39 Å². The molecular weight excluding hydrogens is 408 g/mol. The number of hydrogen-bond acceptors (Lipinski definition) is 3. The zero-order chi connectivity index (χ0) is 22.3. The van der Waals surface area contributed by atoms with Crippen molar-refractivity contribution < 1.29 is 13.6 Å². The number of nitrogens with zero attached hydrogens (tertiary/aromatic N) is 2. The summed E-state index contributed by atoms with van der Waals surface area (Å²) in [4.78, 5) is 20.9. The number of anilines is 1. The van der Waals surface area contributed by atoms with E-state index in [1.807, 2.05) is 6.07 Å². The molecule has 2 aromatic heterocycles. The van der Waals surface area contributed by atoms with Crippen LogP contribution in [0.3, 0.4) is 0 Å². The minimum atomic E-state index is -1.50. The number of nitrogens with one attached hydrogen (secondary N) is 1. The van der Waals surface area contributed by atoms with Crippen molar-refractivity contribution in [2.75, 3.05) is 5.32 Å². The zero-order valence-corrected chi connectivity index (χ0v) is 17.5. The van der Waals surface area contributed by atoms with Crippen molar-refractivity contribution >= 4 is 22.6 Å². The minimum Gasteiger partial charge on any atom is -0.311 e. The number of aromatic nitrogens is 2. The Morgan fingerprint density at radius 1 is 1.16 bits per heavy atom. The average Bonchev–Trinajstić information content (AvgIpc) is 3.28. The normalized spacial score (nSPS) is 26.6. The van der Waals surface area contributed by atoms with E-state index in [1.54, 1.807) is 30.5 Å². The van der Waals surface area contributed by atoms with Crippen LogP contribution in [0.4, 0.5) is 14.6 Å². The second kappa shape index (κ2) is 7.98. The van der Waals surface area contributed by atoms with Gasteiger partial charge in [-0.3, -0.25) is 9.78 Å². The van der Waals surface area contributed by atoms with Gasteiger partial charge in [-0.05, 0) is 85.4 Å². The van der Waals surface area contributed by atoms with Gasteiger partial charge in [0.15, 0.2) is 0 Å². The molecule has 0 bridgehead atoms. The fraction of sp³-hybridized carbons (Fsp3) is 0.346. The summed E-state index contributed by atoms with van der Waals surface area (Å²) in [5, 5.41) is 3.51. The van der Waals surface area contributed by atoms with Gasteiger partial charge in [0.2, 0.25) is 5.91 Å². The van der Waals surface area contributed by atoms with E-state index in [9.17, 15) is 9.18 Å². The van der Waals surface area contributed by atoms with Crippen LogP contribution in [-0.2, 0) is 4.79 Å². The van der Waals surface area contributed by atoms with Gasteiger partial charge in [0.25, 0.3) is 0 Å². The molecule has 4 atom stereocenters. The Balaban J connectivity index is 1.24. The number of halogens is 2. The van der Waals surface area contributed by atoms with Gasteiger partial charge >= 0.3 is 0 Å². The maximum atomic E-state index is 15.6. The van der Waals surface area contributed by atoms with Crippen LogP contribution in [0.1, 0.15) is 49.1 Å². The van der Waals surface area contributed by atoms with E-state index in [0.29, 0.717) is 24.2 Å². The van der Waals surface area contributed by atoms with Crippen LogP contribution in [-0.4, -0.2) is 21.5 Å². The van der Waals surface area contributed by atoms with E-state index in [0.717, 1.165) is 29.3 Å². The quantitative estimate of drug-likeness (QED) is 0.564. The van der Waals surface area contributed by atoms with Crippen LogP contribution in [0.5, 0.6) is 0 Å². The highest BCUT2D eigenvalue weighted by Crippen LogP contribution is 2.56. The second-order valence-electron chi connectivity index (χ2n) is 9.11. The number of terminal acetylenes is 1. The molecule has 2 aliphatic carbocycles. The number of pyridine rings is 2. The monoisotopic (exact) mass is 431 g/mol. The van der Waals surface area contributed by atoms with E-state index in [-0.39, 0.29) is 35.9 Å². The van der Waals surface area contributed by atoms with Gasteiger partial charge in [0.05, 0.1) is 11.9 Å². The molecule has 0 spiro atoms. The summed E-state index contributed by atoms with van der Waals surface area (Å²) in [6.45, 7) is 0. The summed E-state index contributed by atoms with van der Waals surface area (Å²) in [6, 6.07) is 9.92. The van der Waals surface area contributed by atoms with Gasteiger partial charge in [-0.1, -0.05) is 5.92 Å². The highest BCUT2D eigenvalue weighted by molar-refractivity contribution is 5.90. The lowest BCUT2D eigenvalue weighted by Gasteiger charge is -2.22. The number of rotatable bonds is 4. The largest absolute Gasteiger partial charge is 0.311 e. The first-order valence-electron chi connectivity index (χ1n) is 10.9. The van der Waals surface area contributed by atoms with Crippen LogP contribution in [0.25, 0.3) is 10.9 Å². The number of carbonyl (C=O) groups is 1. The number of benzene rings is 1. The fourth-order valence-electron chi connectivity index (χ4n) is 5.66. The van der Waals surface area contributed by atoms with Crippen molar-refractivity contribution in [1.29, 1.82) is 0 Å². The van der Waals surface area contributed by atoms with Crippen molar-refractivity contribution in [2.45, 2.75) is 43.7 Å². The van der Waals surface area contributed by atoms with Crippen molar-refractivity contribution in [3.63, 3.8) is 0 Å². The van der Waals surface area contributed by atoms with Crippen LogP contribution in [0.2, 0.25) is 0 Å². The molecule has 0 radical (unpaired) electrons. The molecule has 162 valence electrons. The molecule has 1 N–H and O–H groups in total. The fourth-order valence-corrected chi connectivity index (χ4v) is 5.66. The van der Waals surface area contributed by atoms with Crippen molar-refractivity contribution in [1.82, 2.24) is 9.97 Å². The topological polar surface area (TPSA) is 54.9 Å².